The number of carbonyl (C=O) groups is 4. The van der Waals surface area contributed by atoms with Crippen LogP contribution in [0, 0.1) is 0 Å². The van der Waals surface area contributed by atoms with Crippen LogP contribution in [0.15, 0.2) is 32.3 Å². The Morgan fingerprint density at radius 2 is 2.09 bits per heavy atom. The number of carboxylic acids is 2. The lowest BCUT2D eigenvalue weighted by atomic mass is 10.0. The van der Waals surface area contributed by atoms with Crippen LogP contribution in [0.2, 0.25) is 0 Å². The van der Waals surface area contributed by atoms with Crippen molar-refractivity contribution in [3.8, 4) is 0 Å². The van der Waals surface area contributed by atoms with E-state index in [9.17, 15) is 33.8 Å². The molecule has 0 saturated carbocycles. The summed E-state index contributed by atoms with van der Waals surface area (Å²) in [5.74, 6) is -3.51. The molecule has 2 amide bonds. The molecule has 234 valence electrons. The van der Waals surface area contributed by atoms with Crippen molar-refractivity contribution in [2.75, 3.05) is 30.5 Å². The molecule has 0 aliphatic carbocycles. The fourth-order valence-electron chi connectivity index (χ4n) is 4.28. The van der Waals surface area contributed by atoms with Gasteiger partial charge < -0.3 is 31.0 Å². The minimum atomic E-state index is -1.77. The molecule has 5 heterocycles. The summed E-state index contributed by atoms with van der Waals surface area (Å²) in [6.07, 6.45) is 3.71. The van der Waals surface area contributed by atoms with Gasteiger partial charge in [-0.25, -0.2) is 23.9 Å². The summed E-state index contributed by atoms with van der Waals surface area (Å²) in [6, 6.07) is -1.07. The molecule has 5 N–H and O–H groups in total. The number of anilines is 1. The van der Waals surface area contributed by atoms with E-state index in [1.54, 1.807) is 0 Å². The van der Waals surface area contributed by atoms with Crippen molar-refractivity contribution in [2.45, 2.75) is 41.7 Å². The van der Waals surface area contributed by atoms with Crippen LogP contribution in [0.3, 0.4) is 0 Å². The highest BCUT2D eigenvalue weighted by Gasteiger charge is 2.54. The van der Waals surface area contributed by atoms with E-state index in [0.29, 0.717) is 17.9 Å². The summed E-state index contributed by atoms with van der Waals surface area (Å²) in [7, 11) is 0. The van der Waals surface area contributed by atoms with Crippen LogP contribution in [0.25, 0.3) is 6.08 Å². The maximum atomic E-state index is 13.3. The number of thioether (sulfide) groups is 2. The highest BCUT2D eigenvalue weighted by molar-refractivity contribution is 8.01. The number of oxime groups is 1. The molecule has 3 aliphatic rings. The Morgan fingerprint density at radius 1 is 1.32 bits per heavy atom. The van der Waals surface area contributed by atoms with Crippen LogP contribution in [0.1, 0.15) is 30.1 Å². The van der Waals surface area contributed by atoms with E-state index >= 15 is 0 Å². The number of amides is 2. The smallest absolute Gasteiger partial charge is 0.352 e. The van der Waals surface area contributed by atoms with Gasteiger partial charge in [0.2, 0.25) is 5.60 Å². The van der Waals surface area contributed by atoms with Gasteiger partial charge in [-0.05, 0) is 25.5 Å². The van der Waals surface area contributed by atoms with Crippen LogP contribution < -0.4 is 11.1 Å². The largest absolute Gasteiger partial charge is 0.478 e. The Balaban J connectivity index is 1.28. The number of nitrogens with zero attached hydrogens (tertiary/aromatic N) is 5. The second-order valence-electron chi connectivity index (χ2n) is 10.1. The molecule has 0 aromatic carbocycles. The number of nitrogen functional groups attached to an aromatic ring is 1. The van der Waals surface area contributed by atoms with Crippen molar-refractivity contribution >= 4 is 86.9 Å². The van der Waals surface area contributed by atoms with Crippen LogP contribution >= 0.6 is 46.2 Å². The number of halogens is 1. The third-order valence-electron chi connectivity index (χ3n) is 6.64. The summed E-state index contributed by atoms with van der Waals surface area (Å²) in [5, 5.41) is 26.5. The van der Waals surface area contributed by atoms with E-state index in [0.717, 1.165) is 31.1 Å². The standard InChI is InChI=1S/C25H26FN7O7S4/c1-25(2,22(38)39)40-31-15(13-10-42-23(27)28-13)18(34)30-16-19(35)33-17(21(36)37)11(8-41-20(16)33)9-43-24-29-12-7-32(6-4-26)5-3-14(12)44-24/h3,5,10,16,20H,4,6-9H2,1-2H3,(H2,27,28)(H,30,34)(H,36,37)(H,38,39)/b31-15-/t16?,20-/m1/s1. The summed E-state index contributed by atoms with van der Waals surface area (Å²) >= 11 is 5.14. The van der Waals surface area contributed by atoms with E-state index < -0.39 is 47.4 Å². The summed E-state index contributed by atoms with van der Waals surface area (Å²) in [4.78, 5) is 67.9. The Kier molecular flexibility index (Phi) is 9.19. The average Bonchev–Trinajstić information content (AvgIpc) is 3.59. The molecule has 0 bridgehead atoms. The quantitative estimate of drug-likeness (QED) is 0.110. The van der Waals surface area contributed by atoms with Gasteiger partial charge in [0, 0.05) is 29.6 Å². The fourth-order valence-corrected chi connectivity index (χ4v) is 8.40. The van der Waals surface area contributed by atoms with Crippen molar-refractivity contribution in [3.05, 3.63) is 39.1 Å². The molecular formula is C25H26FN7O7S4. The van der Waals surface area contributed by atoms with Crippen molar-refractivity contribution in [1.29, 1.82) is 0 Å². The highest BCUT2D eigenvalue weighted by Crippen LogP contribution is 2.42. The van der Waals surface area contributed by atoms with E-state index in [1.807, 2.05) is 17.2 Å². The van der Waals surface area contributed by atoms with E-state index in [4.69, 9.17) is 10.6 Å². The fraction of sp³-hybridized carbons (Fsp3) is 0.400. The first kappa shape index (κ1) is 31.7. The number of rotatable bonds is 12. The SMILES string of the molecule is CC(C)(O/N=C(\C(=O)NC1C(=O)N2C(C(=O)O)=C(CSc3nc4c(s3)C=CN(CCF)C4)CS[C@H]12)c1csc(N)n1)C(=O)O. The minimum absolute atomic E-state index is 0.0195. The molecule has 2 aromatic rings. The summed E-state index contributed by atoms with van der Waals surface area (Å²) in [5.41, 5.74) is 4.78. The van der Waals surface area contributed by atoms with Crippen molar-refractivity contribution in [2.24, 2.45) is 5.16 Å². The van der Waals surface area contributed by atoms with Crippen LogP contribution in [0.4, 0.5) is 9.52 Å². The number of carbonyl (C=O) groups excluding carboxylic acids is 2. The second kappa shape index (κ2) is 12.7. The van der Waals surface area contributed by atoms with Crippen molar-refractivity contribution < 1.29 is 38.6 Å². The van der Waals surface area contributed by atoms with Gasteiger partial charge in [0.1, 0.15) is 29.5 Å². The number of hydrogen-bond acceptors (Lipinski definition) is 14. The number of aliphatic carboxylic acids is 2. The third kappa shape index (κ3) is 6.40. The molecular weight excluding hydrogens is 658 g/mol. The molecule has 2 atom stereocenters. The molecule has 5 rings (SSSR count). The van der Waals surface area contributed by atoms with Gasteiger partial charge in [-0.1, -0.05) is 16.9 Å². The summed E-state index contributed by atoms with van der Waals surface area (Å²) < 4.78 is 13.5. The Bertz CT molecular complexity index is 1600. The number of nitrogens with one attached hydrogen (secondary N) is 1. The maximum Gasteiger partial charge on any atom is 0.352 e. The molecule has 1 fully saturated rings. The van der Waals surface area contributed by atoms with Gasteiger partial charge in [-0.3, -0.25) is 14.5 Å². The number of β-lactam (4-membered cyclic amide) rings is 1. The number of carboxylic acid groups (broad SMARTS) is 2. The topological polar surface area (TPSA) is 201 Å². The van der Waals surface area contributed by atoms with Gasteiger partial charge in [0.25, 0.3) is 11.8 Å². The Hall–Kier alpha value is -3.68. The molecule has 0 spiro atoms. The zero-order chi connectivity index (χ0) is 31.8. The van der Waals surface area contributed by atoms with Crippen LogP contribution in [0.5, 0.6) is 0 Å². The first-order valence-electron chi connectivity index (χ1n) is 12.9. The van der Waals surface area contributed by atoms with E-state index in [2.05, 4.69) is 20.4 Å². The number of hydrogen-bond donors (Lipinski definition) is 4. The number of fused-ring (bicyclic) bond motifs is 2. The third-order valence-corrected chi connectivity index (χ3v) is 10.9. The monoisotopic (exact) mass is 683 g/mol. The maximum absolute atomic E-state index is 13.3. The number of nitrogens with two attached hydrogens (primary N) is 1. The number of thiazole rings is 2. The normalized spacial score (nSPS) is 19.8. The van der Waals surface area contributed by atoms with Gasteiger partial charge in [-0.15, -0.1) is 34.4 Å². The average molecular weight is 684 g/mol. The van der Waals surface area contributed by atoms with Crippen LogP contribution in [-0.4, -0.2) is 101 Å². The Morgan fingerprint density at radius 3 is 2.75 bits per heavy atom. The van der Waals surface area contributed by atoms with Crippen molar-refractivity contribution in [3.63, 3.8) is 0 Å². The first-order chi connectivity index (χ1) is 20.9. The number of aromatic nitrogens is 2. The van der Waals surface area contributed by atoms with Gasteiger partial charge >= 0.3 is 11.9 Å². The van der Waals surface area contributed by atoms with E-state index in [1.165, 1.54) is 54.1 Å². The van der Waals surface area contributed by atoms with Gasteiger partial charge in [-0.2, -0.15) is 0 Å². The molecule has 44 heavy (non-hydrogen) atoms. The molecule has 1 unspecified atom stereocenters. The number of alkyl halides is 1. The molecule has 1 saturated heterocycles. The zero-order valence-electron chi connectivity index (χ0n) is 23.2. The molecule has 19 heteroatoms. The molecule has 14 nitrogen and oxygen atoms in total. The minimum Gasteiger partial charge on any atom is -0.478 e. The lowest BCUT2D eigenvalue weighted by Gasteiger charge is -2.49. The molecule has 0 radical (unpaired) electrons. The zero-order valence-corrected chi connectivity index (χ0v) is 26.4. The van der Waals surface area contributed by atoms with Gasteiger partial charge in [0.05, 0.1) is 17.1 Å². The highest BCUT2D eigenvalue weighted by atomic mass is 32.2. The predicted molar refractivity (Wildman–Crippen MR) is 164 cm³/mol. The van der Waals surface area contributed by atoms with E-state index in [-0.39, 0.29) is 34.5 Å². The lowest BCUT2D eigenvalue weighted by Crippen LogP contribution is -2.71. The second-order valence-corrected chi connectivity index (χ2v) is 14.3. The summed E-state index contributed by atoms with van der Waals surface area (Å²) in [6.45, 7) is 2.79. The Labute approximate surface area is 266 Å². The molecule has 3 aliphatic heterocycles. The predicted octanol–water partition coefficient (Wildman–Crippen LogP) is 2.05. The first-order valence-corrected chi connectivity index (χ1v) is 16.6. The van der Waals surface area contributed by atoms with Gasteiger partial charge in [0.15, 0.2) is 15.2 Å². The van der Waals surface area contributed by atoms with Crippen molar-refractivity contribution in [1.82, 2.24) is 25.1 Å². The molecule has 2 aromatic heterocycles. The van der Waals surface area contributed by atoms with Crippen LogP contribution in [-0.2, 0) is 30.6 Å². The lowest BCUT2D eigenvalue weighted by molar-refractivity contribution is -0.161.